The Bertz CT molecular complexity index is 1100. The number of halogens is 2. The van der Waals surface area contributed by atoms with Crippen LogP contribution in [0, 0.1) is 11.6 Å². The summed E-state index contributed by atoms with van der Waals surface area (Å²) >= 11 is 0. The number of hydrogen-bond acceptors (Lipinski definition) is 6. The van der Waals surface area contributed by atoms with Gasteiger partial charge in [0.15, 0.2) is 5.82 Å². The van der Waals surface area contributed by atoms with E-state index < -0.39 is 34.1 Å². The summed E-state index contributed by atoms with van der Waals surface area (Å²) in [6.45, 7) is 4.27. The van der Waals surface area contributed by atoms with Gasteiger partial charge in [-0.25, -0.2) is 13.6 Å². The van der Waals surface area contributed by atoms with Crippen molar-refractivity contribution in [3.05, 3.63) is 39.7 Å². The van der Waals surface area contributed by atoms with E-state index in [-0.39, 0.29) is 29.7 Å². The minimum Gasteiger partial charge on any atom is -0.477 e. The average Bonchev–Trinajstić information content (AvgIpc) is 2.71. The van der Waals surface area contributed by atoms with Gasteiger partial charge in [0, 0.05) is 19.3 Å². The van der Waals surface area contributed by atoms with E-state index >= 15 is 8.78 Å². The number of rotatable bonds is 5. The molecular formula is C20H24F2N4O4. The van der Waals surface area contributed by atoms with Crippen LogP contribution in [0.2, 0.25) is 0 Å². The SMILES string of the molecule is CCn1cc(C(=O)O)c(=O)c2cc(F)c(N3CCC(C)(NC)/C(=N/OC)C3)c(F)c21. The summed E-state index contributed by atoms with van der Waals surface area (Å²) in [6.07, 6.45) is 1.60. The van der Waals surface area contributed by atoms with Crippen LogP contribution in [-0.4, -0.2) is 54.1 Å². The van der Waals surface area contributed by atoms with E-state index in [9.17, 15) is 14.7 Å². The van der Waals surface area contributed by atoms with E-state index in [0.29, 0.717) is 18.7 Å². The zero-order valence-electron chi connectivity index (χ0n) is 17.3. The van der Waals surface area contributed by atoms with Gasteiger partial charge in [-0.15, -0.1) is 0 Å². The Morgan fingerprint density at radius 1 is 1.43 bits per heavy atom. The van der Waals surface area contributed by atoms with Gasteiger partial charge in [0.1, 0.15) is 24.2 Å². The second-order valence-corrected chi connectivity index (χ2v) is 7.35. The van der Waals surface area contributed by atoms with Crippen molar-refractivity contribution in [2.75, 3.05) is 32.1 Å². The predicted octanol–water partition coefficient (Wildman–Crippen LogP) is 2.19. The molecule has 1 aromatic heterocycles. The minimum atomic E-state index is -1.45. The van der Waals surface area contributed by atoms with E-state index in [2.05, 4.69) is 10.5 Å². The number of aromatic carboxylic acids is 1. The second-order valence-electron chi connectivity index (χ2n) is 7.35. The average molecular weight is 422 g/mol. The number of nitrogens with zero attached hydrogens (tertiary/aromatic N) is 3. The predicted molar refractivity (Wildman–Crippen MR) is 109 cm³/mol. The van der Waals surface area contributed by atoms with Crippen LogP contribution in [0.15, 0.2) is 22.2 Å². The minimum absolute atomic E-state index is 0.119. The van der Waals surface area contributed by atoms with Gasteiger partial charge in [0.25, 0.3) is 0 Å². The van der Waals surface area contributed by atoms with Gasteiger partial charge in [-0.2, -0.15) is 0 Å². The number of anilines is 1. The molecular weight excluding hydrogens is 398 g/mol. The van der Waals surface area contributed by atoms with Crippen molar-refractivity contribution in [2.24, 2.45) is 5.16 Å². The number of oxime groups is 1. The molecule has 1 unspecified atom stereocenters. The first-order valence-electron chi connectivity index (χ1n) is 9.51. The Hall–Kier alpha value is -3.01. The third-order valence-electron chi connectivity index (χ3n) is 5.73. The molecule has 1 saturated heterocycles. The number of benzene rings is 1. The van der Waals surface area contributed by atoms with Gasteiger partial charge >= 0.3 is 5.97 Å². The summed E-state index contributed by atoms with van der Waals surface area (Å²) < 4.78 is 31.9. The highest BCUT2D eigenvalue weighted by molar-refractivity contribution is 5.98. The summed E-state index contributed by atoms with van der Waals surface area (Å²) in [6, 6.07) is 0.910. The monoisotopic (exact) mass is 422 g/mol. The van der Waals surface area contributed by atoms with E-state index in [1.165, 1.54) is 16.6 Å². The van der Waals surface area contributed by atoms with E-state index in [4.69, 9.17) is 4.84 Å². The molecule has 1 aromatic carbocycles. The summed E-state index contributed by atoms with van der Waals surface area (Å²) in [5, 5.41) is 16.1. The molecule has 2 heterocycles. The molecule has 162 valence electrons. The Morgan fingerprint density at radius 2 is 2.13 bits per heavy atom. The molecule has 0 aliphatic carbocycles. The standard InChI is InChI=1S/C20H24F2N4O4/c1-5-25-9-12(19(28)29)18(27)11-8-13(21)17(15(22)16(11)25)26-7-6-20(2,23-3)14(10-26)24-30-4/h8-9,23H,5-7,10H2,1-4H3,(H,28,29)/b24-14+. The molecule has 0 bridgehead atoms. The topological polar surface area (TPSA) is 96.2 Å². The van der Waals surface area contributed by atoms with Crippen molar-refractivity contribution < 1.29 is 23.5 Å². The Labute approximate surface area is 171 Å². The van der Waals surface area contributed by atoms with Crippen molar-refractivity contribution in [3.63, 3.8) is 0 Å². The van der Waals surface area contributed by atoms with Crippen molar-refractivity contribution in [1.29, 1.82) is 0 Å². The first-order valence-corrected chi connectivity index (χ1v) is 9.51. The molecule has 30 heavy (non-hydrogen) atoms. The highest BCUT2D eigenvalue weighted by atomic mass is 19.1. The number of hydrogen-bond donors (Lipinski definition) is 2. The Balaban J connectivity index is 2.21. The summed E-state index contributed by atoms with van der Waals surface area (Å²) in [4.78, 5) is 30.3. The normalized spacial score (nSPS) is 20.7. The highest BCUT2D eigenvalue weighted by Crippen LogP contribution is 2.33. The van der Waals surface area contributed by atoms with Gasteiger partial charge in [-0.05, 0) is 33.4 Å². The molecule has 0 saturated carbocycles. The zero-order chi connectivity index (χ0) is 22.2. The quantitative estimate of drug-likeness (QED) is 0.718. The summed E-state index contributed by atoms with van der Waals surface area (Å²) in [7, 11) is 3.18. The molecule has 1 aliphatic rings. The zero-order valence-corrected chi connectivity index (χ0v) is 17.3. The van der Waals surface area contributed by atoms with Gasteiger partial charge in [-0.3, -0.25) is 4.79 Å². The lowest BCUT2D eigenvalue weighted by molar-refractivity contribution is 0.0695. The lowest BCUT2D eigenvalue weighted by Crippen LogP contribution is -2.58. The van der Waals surface area contributed by atoms with Crippen LogP contribution in [0.25, 0.3) is 10.9 Å². The number of carboxylic acid groups (broad SMARTS) is 1. The molecule has 1 fully saturated rings. The molecule has 0 amide bonds. The maximum absolute atomic E-state index is 15.6. The maximum atomic E-state index is 15.6. The molecule has 0 spiro atoms. The van der Waals surface area contributed by atoms with Gasteiger partial charge in [0.2, 0.25) is 5.43 Å². The van der Waals surface area contributed by atoms with Crippen LogP contribution < -0.4 is 15.6 Å². The van der Waals surface area contributed by atoms with Crippen LogP contribution in [-0.2, 0) is 11.4 Å². The third kappa shape index (κ3) is 3.41. The van der Waals surface area contributed by atoms with Gasteiger partial charge < -0.3 is 24.7 Å². The number of carbonyl (C=O) groups is 1. The molecule has 8 nitrogen and oxygen atoms in total. The third-order valence-corrected chi connectivity index (χ3v) is 5.73. The molecule has 2 aromatic rings. The second kappa shape index (κ2) is 8.02. The number of carboxylic acids is 1. The summed E-state index contributed by atoms with van der Waals surface area (Å²) in [5.74, 6) is -3.30. The number of nitrogens with one attached hydrogen (secondary N) is 1. The first kappa shape index (κ1) is 21.7. The van der Waals surface area contributed by atoms with Crippen molar-refractivity contribution >= 4 is 28.3 Å². The highest BCUT2D eigenvalue weighted by Gasteiger charge is 2.37. The van der Waals surface area contributed by atoms with E-state index in [1.807, 2.05) is 6.92 Å². The lowest BCUT2D eigenvalue weighted by Gasteiger charge is -2.41. The van der Waals surface area contributed by atoms with Crippen LogP contribution in [0.3, 0.4) is 0 Å². The number of aryl methyl sites for hydroxylation is 1. The number of pyridine rings is 1. The molecule has 3 rings (SSSR count). The Kier molecular flexibility index (Phi) is 5.80. The molecule has 0 radical (unpaired) electrons. The van der Waals surface area contributed by atoms with Crippen molar-refractivity contribution in [2.45, 2.75) is 32.4 Å². The van der Waals surface area contributed by atoms with Crippen LogP contribution in [0.1, 0.15) is 30.6 Å². The number of piperidine rings is 1. The number of fused-ring (bicyclic) bond motifs is 1. The molecule has 1 atom stereocenters. The van der Waals surface area contributed by atoms with Gasteiger partial charge in [-0.1, -0.05) is 5.16 Å². The van der Waals surface area contributed by atoms with Crippen LogP contribution in [0.5, 0.6) is 0 Å². The fourth-order valence-corrected chi connectivity index (χ4v) is 3.81. The first-order chi connectivity index (χ1) is 14.2. The molecule has 10 heteroatoms. The smallest absolute Gasteiger partial charge is 0.341 e. The maximum Gasteiger partial charge on any atom is 0.341 e. The van der Waals surface area contributed by atoms with Gasteiger partial charge in [0.05, 0.1) is 28.7 Å². The van der Waals surface area contributed by atoms with Crippen molar-refractivity contribution in [3.8, 4) is 0 Å². The van der Waals surface area contributed by atoms with E-state index in [0.717, 1.165) is 12.3 Å². The fourth-order valence-electron chi connectivity index (χ4n) is 3.81. The van der Waals surface area contributed by atoms with Crippen molar-refractivity contribution in [1.82, 2.24) is 9.88 Å². The molecule has 1 aliphatic heterocycles. The summed E-state index contributed by atoms with van der Waals surface area (Å²) in [5.41, 5.74) is -1.78. The Morgan fingerprint density at radius 3 is 2.70 bits per heavy atom. The molecule has 2 N–H and O–H groups in total. The largest absolute Gasteiger partial charge is 0.477 e. The fraction of sp³-hybridized carbons (Fsp3) is 0.450. The number of aromatic nitrogens is 1. The lowest BCUT2D eigenvalue weighted by atomic mass is 9.87. The van der Waals surface area contributed by atoms with Crippen LogP contribution in [0.4, 0.5) is 14.5 Å². The van der Waals surface area contributed by atoms with Crippen LogP contribution >= 0.6 is 0 Å². The van der Waals surface area contributed by atoms with E-state index in [1.54, 1.807) is 14.0 Å².